The second-order valence-electron chi connectivity index (χ2n) is 17.8. The monoisotopic (exact) mass is 809 g/mol. The molecule has 58 heavy (non-hydrogen) atoms. The van der Waals surface area contributed by atoms with Crippen LogP contribution >= 0.6 is 0 Å². The third kappa shape index (κ3) is 8.14. The Balaban J connectivity index is 1.32. The van der Waals surface area contributed by atoms with Gasteiger partial charge in [0.25, 0.3) is 0 Å². The number of carbonyl (C=O) groups excluding carboxylic acids is 4. The third-order valence-corrected chi connectivity index (χ3v) is 13.4. The Morgan fingerprint density at radius 3 is 2.33 bits per heavy atom. The number of aliphatic hydroxyl groups excluding tert-OH is 1. The molecule has 4 aliphatic rings. The molecule has 1 N–H and O–H groups in total. The molecule has 13 atom stereocenters. The number of esters is 1. The molecule has 0 radical (unpaired) electrons. The standard InChI is InChI=1S/C43H63N5O10/c1-12-32-43(8)36(48(41(53)58-43)29-21-47(22-29)20-28-15-17-45-38-30(28)14-13-16-44-38)25(4)33(49)23(2)19-42(7,54-11)37(26(5)34(50)27(6)39(52)56-32)57-40-35(51)31(46(9)10)18-24(3)55-40/h13-17,23-27,29,31-32,35-37,40,51H,12,18-22H2,1-11H3/t23-,24-,25+,26+,27-,31+,32-,35-,36-,37-,40+,42-,43-/m1/s1. The Kier molecular flexibility index (Phi) is 13.0. The number of hydrogen-bond donors (Lipinski definition) is 1. The highest BCUT2D eigenvalue weighted by Crippen LogP contribution is 2.45. The second-order valence-corrected chi connectivity index (χ2v) is 17.8. The first kappa shape index (κ1) is 44.0. The van der Waals surface area contributed by atoms with Crippen molar-refractivity contribution in [2.45, 2.75) is 141 Å². The van der Waals surface area contributed by atoms with Crippen molar-refractivity contribution in [2.24, 2.45) is 23.7 Å². The van der Waals surface area contributed by atoms with E-state index in [1.54, 1.807) is 38.1 Å². The maximum Gasteiger partial charge on any atom is 0.411 e. The van der Waals surface area contributed by atoms with E-state index in [-0.39, 0.29) is 36.8 Å². The molecule has 0 aromatic carbocycles. The fourth-order valence-electron chi connectivity index (χ4n) is 10.1. The molecule has 4 saturated heterocycles. The van der Waals surface area contributed by atoms with Crippen LogP contribution in [0.3, 0.4) is 0 Å². The van der Waals surface area contributed by atoms with Gasteiger partial charge >= 0.3 is 12.1 Å². The maximum atomic E-state index is 14.8. The Hall–Kier alpha value is -3.60. The lowest BCUT2D eigenvalue weighted by atomic mass is 9.73. The number of aliphatic hydroxyl groups is 1. The van der Waals surface area contributed by atoms with E-state index in [0.29, 0.717) is 31.7 Å². The Morgan fingerprint density at radius 1 is 0.983 bits per heavy atom. The van der Waals surface area contributed by atoms with Crippen LogP contribution in [0.5, 0.6) is 0 Å². The van der Waals surface area contributed by atoms with Crippen molar-refractivity contribution >= 4 is 34.7 Å². The van der Waals surface area contributed by atoms with E-state index < -0.39 is 83.4 Å². The fourth-order valence-corrected chi connectivity index (χ4v) is 10.1. The Morgan fingerprint density at radius 2 is 1.67 bits per heavy atom. The van der Waals surface area contributed by atoms with E-state index in [9.17, 15) is 24.3 Å². The van der Waals surface area contributed by atoms with Crippen molar-refractivity contribution in [3.05, 3.63) is 36.2 Å². The van der Waals surface area contributed by atoms with Crippen molar-refractivity contribution in [1.29, 1.82) is 0 Å². The summed E-state index contributed by atoms with van der Waals surface area (Å²) < 4.78 is 31.4. The van der Waals surface area contributed by atoms with Gasteiger partial charge in [0.15, 0.2) is 23.3 Å². The van der Waals surface area contributed by atoms with Crippen LogP contribution in [-0.4, -0.2) is 148 Å². The molecule has 15 heteroatoms. The molecule has 6 heterocycles. The molecule has 0 bridgehead atoms. The maximum absolute atomic E-state index is 14.8. The summed E-state index contributed by atoms with van der Waals surface area (Å²) in [6, 6.07) is 4.49. The number of pyridine rings is 2. The van der Waals surface area contributed by atoms with E-state index in [2.05, 4.69) is 14.9 Å². The van der Waals surface area contributed by atoms with Crippen LogP contribution < -0.4 is 0 Å². The van der Waals surface area contributed by atoms with Gasteiger partial charge in [0.2, 0.25) is 0 Å². The predicted octanol–water partition coefficient (Wildman–Crippen LogP) is 4.02. The van der Waals surface area contributed by atoms with Gasteiger partial charge in [0.05, 0.1) is 29.9 Å². The molecule has 0 saturated carbocycles. The number of fused-ring (bicyclic) bond motifs is 2. The predicted molar refractivity (Wildman–Crippen MR) is 213 cm³/mol. The summed E-state index contributed by atoms with van der Waals surface area (Å²) >= 11 is 0. The summed E-state index contributed by atoms with van der Waals surface area (Å²) in [6.07, 6.45) is -0.593. The number of carbonyl (C=O) groups is 4. The molecule has 15 nitrogen and oxygen atoms in total. The smallest absolute Gasteiger partial charge is 0.411 e. The van der Waals surface area contributed by atoms with E-state index >= 15 is 0 Å². The van der Waals surface area contributed by atoms with Crippen molar-refractivity contribution < 1.29 is 48.0 Å². The van der Waals surface area contributed by atoms with Crippen LogP contribution in [0.2, 0.25) is 0 Å². The first-order valence-corrected chi connectivity index (χ1v) is 20.8. The zero-order valence-electron chi connectivity index (χ0n) is 35.9. The molecule has 4 aliphatic heterocycles. The van der Waals surface area contributed by atoms with Gasteiger partial charge in [-0.3, -0.25) is 24.2 Å². The minimum absolute atomic E-state index is 0.130. The number of Topliss-reactive ketones (excluding diaryl/α,β-unsaturated/α-hetero) is 2. The molecule has 2 aromatic rings. The molecule has 0 spiro atoms. The second kappa shape index (κ2) is 17.2. The van der Waals surface area contributed by atoms with Crippen molar-refractivity contribution in [2.75, 3.05) is 34.3 Å². The summed E-state index contributed by atoms with van der Waals surface area (Å²) in [6.45, 7) is 15.7. The van der Waals surface area contributed by atoms with Crippen LogP contribution in [-0.2, 0) is 44.6 Å². The third-order valence-electron chi connectivity index (χ3n) is 13.4. The number of ether oxygens (including phenoxy) is 5. The first-order chi connectivity index (χ1) is 27.3. The van der Waals surface area contributed by atoms with Gasteiger partial charge in [-0.15, -0.1) is 0 Å². The summed E-state index contributed by atoms with van der Waals surface area (Å²) in [7, 11) is 5.25. The SMILES string of the molecule is CC[C@H]1OC(=O)[C@H](C)C(=O)[C@H](C)[C@@H](O[C@@H]2O[C@H](C)C[C@H](N(C)C)[C@H]2O)[C@](C)(OC)C[C@@H](C)C(=O)[C@H](C)[C@H]2N(C3CN(Cc4ccnc5ncccc45)C3)C(=O)O[C@]12C. The van der Waals surface area contributed by atoms with Crippen LogP contribution in [0.4, 0.5) is 4.79 Å². The number of nitrogens with zero attached hydrogens (tertiary/aromatic N) is 5. The van der Waals surface area contributed by atoms with Crippen molar-refractivity contribution in [3.8, 4) is 0 Å². The van der Waals surface area contributed by atoms with E-state index in [1.165, 1.54) is 14.0 Å². The quantitative estimate of drug-likeness (QED) is 0.300. The molecule has 0 aliphatic carbocycles. The number of methoxy groups -OCH3 is 1. The minimum Gasteiger partial charge on any atom is -0.458 e. The van der Waals surface area contributed by atoms with Gasteiger partial charge in [0.1, 0.15) is 23.9 Å². The summed E-state index contributed by atoms with van der Waals surface area (Å²) in [4.78, 5) is 71.9. The minimum atomic E-state index is -1.41. The molecule has 0 unspecified atom stereocenters. The van der Waals surface area contributed by atoms with Crippen LogP contribution in [0.1, 0.15) is 80.2 Å². The highest BCUT2D eigenvalue weighted by atomic mass is 16.7. The summed E-state index contributed by atoms with van der Waals surface area (Å²) in [5.41, 5.74) is -0.950. The highest BCUT2D eigenvalue weighted by molar-refractivity contribution is 6.00. The van der Waals surface area contributed by atoms with Crippen molar-refractivity contribution in [3.63, 3.8) is 0 Å². The van der Waals surface area contributed by atoms with Gasteiger partial charge in [-0.2, -0.15) is 0 Å². The molecule has 6 rings (SSSR count). The van der Waals surface area contributed by atoms with E-state index in [4.69, 9.17) is 23.7 Å². The average molecular weight is 810 g/mol. The Labute approximate surface area is 342 Å². The normalized spacial score (nSPS) is 38.6. The molecule has 4 fully saturated rings. The summed E-state index contributed by atoms with van der Waals surface area (Å²) in [5, 5.41) is 12.4. The molecular formula is C43H63N5O10. The number of cyclic esters (lactones) is 1. The number of ketones is 2. The number of aromatic nitrogens is 2. The zero-order chi connectivity index (χ0) is 42.4. The van der Waals surface area contributed by atoms with E-state index in [0.717, 1.165) is 10.9 Å². The van der Waals surface area contributed by atoms with E-state index in [1.807, 2.05) is 64.9 Å². The lowest BCUT2D eigenvalue weighted by Gasteiger charge is -2.48. The number of rotatable bonds is 8. The van der Waals surface area contributed by atoms with Crippen LogP contribution in [0.15, 0.2) is 30.6 Å². The van der Waals surface area contributed by atoms with Gasteiger partial charge < -0.3 is 33.7 Å². The van der Waals surface area contributed by atoms with Gasteiger partial charge in [-0.05, 0) is 84.8 Å². The molecule has 1 amide bonds. The zero-order valence-corrected chi connectivity index (χ0v) is 35.9. The fraction of sp³-hybridized carbons (Fsp3) is 0.721. The van der Waals surface area contributed by atoms with Gasteiger partial charge in [-0.25, -0.2) is 14.8 Å². The number of likely N-dealkylation sites (N-methyl/N-ethyl adjacent to an activating group) is 1. The lowest BCUT2D eigenvalue weighted by Crippen LogP contribution is -2.65. The van der Waals surface area contributed by atoms with Crippen LogP contribution in [0.25, 0.3) is 11.0 Å². The molecule has 2 aromatic heterocycles. The number of amides is 1. The number of likely N-dealkylation sites (tertiary alicyclic amines) is 1. The van der Waals surface area contributed by atoms with Crippen molar-refractivity contribution in [1.82, 2.24) is 24.7 Å². The average Bonchev–Trinajstić information content (AvgIpc) is 3.45. The number of hydrogen-bond acceptors (Lipinski definition) is 14. The van der Waals surface area contributed by atoms with Gasteiger partial charge in [-0.1, -0.05) is 27.7 Å². The molecular weight excluding hydrogens is 746 g/mol. The van der Waals surface area contributed by atoms with Gasteiger partial charge in [0, 0.05) is 68.3 Å². The Bertz CT molecular complexity index is 1840. The highest BCUT2D eigenvalue weighted by Gasteiger charge is 2.62. The molecule has 320 valence electrons. The first-order valence-electron chi connectivity index (χ1n) is 20.8. The summed E-state index contributed by atoms with van der Waals surface area (Å²) in [5.74, 6) is -4.95. The van der Waals surface area contributed by atoms with Crippen LogP contribution in [0, 0.1) is 23.7 Å². The topological polar surface area (TPSA) is 170 Å². The lowest BCUT2D eigenvalue weighted by molar-refractivity contribution is -0.295. The largest absolute Gasteiger partial charge is 0.458 e.